The van der Waals surface area contributed by atoms with Gasteiger partial charge in [-0.2, -0.15) is 0 Å². The van der Waals surface area contributed by atoms with Crippen molar-refractivity contribution < 1.29 is 13.9 Å². The van der Waals surface area contributed by atoms with Gasteiger partial charge in [-0.3, -0.25) is 0 Å². The Morgan fingerprint density at radius 2 is 2.75 bits per heavy atom. The molecule has 1 atom stereocenters. The zero-order valence-electron chi connectivity index (χ0n) is 4.19. The molecule has 0 saturated carbocycles. The molecule has 0 aromatic heterocycles. The maximum Gasteiger partial charge on any atom is 0.407 e. The lowest BCUT2D eigenvalue weighted by Gasteiger charge is -1.95. The number of alkyl carbamates (subject to hydrolysis) is 1. The summed E-state index contributed by atoms with van der Waals surface area (Å²) in [6, 6.07) is -0.414. The molecule has 0 radical (unpaired) electrons. The van der Waals surface area contributed by atoms with Gasteiger partial charge in [-0.15, -0.1) is 0 Å². The Labute approximate surface area is 45.8 Å². The first-order chi connectivity index (χ1) is 3.83. The van der Waals surface area contributed by atoms with Crippen LogP contribution < -0.4 is 5.32 Å². The van der Waals surface area contributed by atoms with Crippen LogP contribution in [-0.4, -0.2) is 25.4 Å². The molecule has 0 bridgehead atoms. The summed E-state index contributed by atoms with van der Waals surface area (Å²) in [5.41, 5.74) is 0. The number of rotatable bonds is 1. The first-order valence-electron chi connectivity index (χ1n) is 2.32. The monoisotopic (exact) mass is 119 g/mol. The molecule has 1 rings (SSSR count). The van der Waals surface area contributed by atoms with Gasteiger partial charge in [-0.25, -0.2) is 9.18 Å². The second-order valence-electron chi connectivity index (χ2n) is 1.59. The first kappa shape index (κ1) is 5.34. The number of carbonyl (C=O) groups is 1. The Kier molecular flexibility index (Phi) is 1.32. The van der Waals surface area contributed by atoms with Crippen molar-refractivity contribution in [1.29, 1.82) is 0 Å². The van der Waals surface area contributed by atoms with E-state index in [1.165, 1.54) is 0 Å². The highest BCUT2D eigenvalue weighted by Crippen LogP contribution is 1.96. The molecule has 1 fully saturated rings. The largest absolute Gasteiger partial charge is 0.447 e. The Morgan fingerprint density at radius 3 is 3.00 bits per heavy atom. The van der Waals surface area contributed by atoms with Gasteiger partial charge in [0.05, 0.1) is 6.04 Å². The van der Waals surface area contributed by atoms with Crippen LogP contribution in [0.3, 0.4) is 0 Å². The summed E-state index contributed by atoms with van der Waals surface area (Å²) in [6.07, 6.45) is -0.521. The fourth-order valence-corrected chi connectivity index (χ4v) is 0.509. The van der Waals surface area contributed by atoms with Crippen molar-refractivity contribution in [3.8, 4) is 0 Å². The highest BCUT2D eigenvalue weighted by atomic mass is 19.1. The predicted octanol–water partition coefficient (Wildman–Crippen LogP) is 0.0643. The Hall–Kier alpha value is -0.800. The van der Waals surface area contributed by atoms with Gasteiger partial charge in [0.15, 0.2) is 0 Å². The molecule has 0 aromatic rings. The third kappa shape index (κ3) is 0.882. The number of nitrogens with one attached hydrogen (secondary N) is 1. The van der Waals surface area contributed by atoms with Gasteiger partial charge in [-0.05, 0) is 0 Å². The van der Waals surface area contributed by atoms with E-state index in [9.17, 15) is 9.18 Å². The normalized spacial score (nSPS) is 27.1. The number of halogens is 1. The fourth-order valence-electron chi connectivity index (χ4n) is 0.509. The van der Waals surface area contributed by atoms with Crippen LogP contribution in [0.4, 0.5) is 9.18 Å². The van der Waals surface area contributed by atoms with Crippen LogP contribution in [-0.2, 0) is 4.74 Å². The van der Waals surface area contributed by atoms with E-state index in [1.54, 1.807) is 0 Å². The number of cyclic esters (lactones) is 1. The molecule has 1 aliphatic rings. The molecule has 1 N–H and O–H groups in total. The number of carbonyl (C=O) groups excluding carboxylic acids is 1. The van der Waals surface area contributed by atoms with Crippen LogP contribution in [0, 0.1) is 0 Å². The first-order valence-corrected chi connectivity index (χ1v) is 2.32. The summed E-state index contributed by atoms with van der Waals surface area (Å²) in [6.45, 7) is -0.388. The van der Waals surface area contributed by atoms with Crippen molar-refractivity contribution in [3.63, 3.8) is 0 Å². The van der Waals surface area contributed by atoms with Crippen molar-refractivity contribution in [3.05, 3.63) is 0 Å². The van der Waals surface area contributed by atoms with Crippen LogP contribution in [0.2, 0.25) is 0 Å². The molecule has 4 heteroatoms. The van der Waals surface area contributed by atoms with Crippen molar-refractivity contribution in [1.82, 2.24) is 5.32 Å². The zero-order chi connectivity index (χ0) is 5.98. The van der Waals surface area contributed by atoms with Crippen LogP contribution >= 0.6 is 0 Å². The third-order valence-electron chi connectivity index (χ3n) is 0.924. The summed E-state index contributed by atoms with van der Waals surface area (Å²) in [5.74, 6) is 0. The van der Waals surface area contributed by atoms with Gasteiger partial charge in [-0.1, -0.05) is 0 Å². The highest BCUT2D eigenvalue weighted by molar-refractivity contribution is 5.69. The minimum absolute atomic E-state index is 0.162. The Balaban J connectivity index is 2.32. The number of amides is 1. The summed E-state index contributed by atoms with van der Waals surface area (Å²) >= 11 is 0. The van der Waals surface area contributed by atoms with Crippen LogP contribution in [0.5, 0.6) is 0 Å². The molecule has 1 saturated heterocycles. The van der Waals surface area contributed by atoms with E-state index in [-0.39, 0.29) is 6.61 Å². The number of hydrogen-bond acceptors (Lipinski definition) is 2. The molecule has 1 amide bonds. The van der Waals surface area contributed by atoms with Gasteiger partial charge in [0.1, 0.15) is 13.3 Å². The maximum atomic E-state index is 11.6. The highest BCUT2D eigenvalue weighted by Gasteiger charge is 2.20. The van der Waals surface area contributed by atoms with E-state index < -0.39 is 18.8 Å². The van der Waals surface area contributed by atoms with E-state index in [0.717, 1.165) is 0 Å². The molecule has 0 spiro atoms. The number of hydrogen-bond donors (Lipinski definition) is 1. The van der Waals surface area contributed by atoms with Gasteiger partial charge in [0.2, 0.25) is 0 Å². The topological polar surface area (TPSA) is 38.3 Å². The maximum absolute atomic E-state index is 11.6. The third-order valence-corrected chi connectivity index (χ3v) is 0.924. The quantitative estimate of drug-likeness (QED) is 0.530. The molecule has 1 heterocycles. The standard InChI is InChI=1S/C4H6FNO2/c5-1-3-2-8-4(7)6-3/h3H,1-2H2,(H,6,7). The van der Waals surface area contributed by atoms with Crippen LogP contribution in [0.25, 0.3) is 0 Å². The smallest absolute Gasteiger partial charge is 0.407 e. The lowest BCUT2D eigenvalue weighted by atomic mass is 10.4. The molecule has 0 aliphatic carbocycles. The lowest BCUT2D eigenvalue weighted by molar-refractivity contribution is 0.176. The second kappa shape index (κ2) is 1.98. The molecular formula is C4H6FNO2. The van der Waals surface area contributed by atoms with Gasteiger partial charge >= 0.3 is 6.09 Å². The van der Waals surface area contributed by atoms with Crippen molar-refractivity contribution in [2.75, 3.05) is 13.3 Å². The summed E-state index contributed by atoms with van der Waals surface area (Å²) in [5, 5.41) is 2.27. The summed E-state index contributed by atoms with van der Waals surface area (Å²) < 4.78 is 15.9. The molecule has 8 heavy (non-hydrogen) atoms. The molecule has 1 unspecified atom stereocenters. The average Bonchev–Trinajstić information content (AvgIpc) is 2.14. The lowest BCUT2D eigenvalue weighted by Crippen LogP contribution is -2.27. The second-order valence-corrected chi connectivity index (χ2v) is 1.59. The van der Waals surface area contributed by atoms with E-state index >= 15 is 0 Å². The minimum Gasteiger partial charge on any atom is -0.447 e. The van der Waals surface area contributed by atoms with Gasteiger partial charge in [0.25, 0.3) is 0 Å². The van der Waals surface area contributed by atoms with E-state index in [4.69, 9.17) is 0 Å². The van der Waals surface area contributed by atoms with Crippen LogP contribution in [0.1, 0.15) is 0 Å². The van der Waals surface area contributed by atoms with E-state index in [1.807, 2.05) is 0 Å². The number of ether oxygens (including phenoxy) is 1. The predicted molar refractivity (Wildman–Crippen MR) is 24.2 cm³/mol. The zero-order valence-corrected chi connectivity index (χ0v) is 4.19. The van der Waals surface area contributed by atoms with Gasteiger partial charge in [0, 0.05) is 0 Å². The number of alkyl halides is 1. The Morgan fingerprint density at radius 1 is 2.00 bits per heavy atom. The molecule has 0 aromatic carbocycles. The fraction of sp³-hybridized carbons (Fsp3) is 0.750. The van der Waals surface area contributed by atoms with Crippen molar-refractivity contribution in [2.24, 2.45) is 0 Å². The van der Waals surface area contributed by atoms with Crippen molar-refractivity contribution in [2.45, 2.75) is 6.04 Å². The average molecular weight is 119 g/mol. The SMILES string of the molecule is O=C1NC(CF)CO1. The molecule has 1 aliphatic heterocycles. The van der Waals surface area contributed by atoms with E-state index in [0.29, 0.717) is 0 Å². The molecule has 46 valence electrons. The summed E-state index contributed by atoms with van der Waals surface area (Å²) in [7, 11) is 0. The Bertz CT molecular complexity index is 106. The van der Waals surface area contributed by atoms with E-state index in [2.05, 4.69) is 10.1 Å². The van der Waals surface area contributed by atoms with Crippen LogP contribution in [0.15, 0.2) is 0 Å². The van der Waals surface area contributed by atoms with Gasteiger partial charge < -0.3 is 10.1 Å². The van der Waals surface area contributed by atoms with Crippen molar-refractivity contribution >= 4 is 6.09 Å². The minimum atomic E-state index is -0.550. The summed E-state index contributed by atoms with van der Waals surface area (Å²) in [4.78, 5) is 10.1. The molecule has 3 nitrogen and oxygen atoms in total. The molecular weight excluding hydrogens is 113 g/mol.